The number of ether oxygens (including phenoxy) is 5. The van der Waals surface area contributed by atoms with Gasteiger partial charge in [-0.15, -0.1) is 0 Å². The van der Waals surface area contributed by atoms with Gasteiger partial charge < -0.3 is 49.2 Å². The first-order valence-corrected chi connectivity index (χ1v) is 14.4. The number of esters is 3. The smallest absolute Gasteiger partial charge is 0.348 e. The molecule has 1 heterocycles. The highest BCUT2D eigenvalue weighted by Crippen LogP contribution is 2.68. The molecule has 3 aliphatic carbocycles. The number of hydrogen-bond donors (Lipinski definition) is 5. The van der Waals surface area contributed by atoms with Crippen molar-refractivity contribution in [3.8, 4) is 11.5 Å². The van der Waals surface area contributed by atoms with Crippen molar-refractivity contribution in [2.75, 3.05) is 7.11 Å². The minimum atomic E-state index is -2.65. The summed E-state index contributed by atoms with van der Waals surface area (Å²) in [7, 11) is 1.48. The molecule has 1 aromatic carbocycles. The van der Waals surface area contributed by atoms with Crippen LogP contribution in [0.15, 0.2) is 24.0 Å². The summed E-state index contributed by atoms with van der Waals surface area (Å²) in [5.41, 5.74) is -0.425. The van der Waals surface area contributed by atoms with E-state index in [4.69, 9.17) is 33.9 Å². The highest BCUT2D eigenvalue weighted by molar-refractivity contribution is 5.89. The predicted octanol–water partition coefficient (Wildman–Crippen LogP) is -0.0173. The Bertz CT molecular complexity index is 1470. The number of carbonyl (C=O) groups is 5. The molecule has 0 saturated heterocycles. The lowest BCUT2D eigenvalue weighted by Gasteiger charge is -2.61. The third kappa shape index (κ3) is 5.08. The quantitative estimate of drug-likeness (QED) is 0.159. The molecule has 1 aromatic rings. The summed E-state index contributed by atoms with van der Waals surface area (Å²) in [5, 5.41) is 49.6. The maximum absolute atomic E-state index is 13.3. The number of methoxy groups -OCH3 is 1. The lowest BCUT2D eigenvalue weighted by Crippen LogP contribution is -2.69. The zero-order valence-corrected chi connectivity index (χ0v) is 24.6. The first kappa shape index (κ1) is 32.2. The van der Waals surface area contributed by atoms with Crippen LogP contribution in [0.25, 0.3) is 0 Å². The fourth-order valence-electron chi connectivity index (χ4n) is 7.24. The molecule has 1 unspecified atom stereocenters. The van der Waals surface area contributed by atoms with Crippen LogP contribution >= 0.6 is 0 Å². The van der Waals surface area contributed by atoms with E-state index in [1.165, 1.54) is 13.2 Å². The molecule has 1 spiro atoms. The molecule has 0 aromatic heterocycles. The zero-order valence-electron chi connectivity index (χ0n) is 24.6. The predicted molar refractivity (Wildman–Crippen MR) is 146 cm³/mol. The number of benzene rings is 1. The fourth-order valence-corrected chi connectivity index (χ4v) is 7.24. The normalized spacial score (nSPS) is 29.8. The highest BCUT2D eigenvalue weighted by atomic mass is 16.6. The van der Waals surface area contributed by atoms with E-state index in [1.54, 1.807) is 6.07 Å². The van der Waals surface area contributed by atoms with E-state index in [2.05, 4.69) is 6.92 Å². The Kier molecular flexibility index (Phi) is 8.31. The van der Waals surface area contributed by atoms with E-state index < -0.39 is 77.8 Å². The summed E-state index contributed by atoms with van der Waals surface area (Å²) < 4.78 is 27.1. The second-order valence-electron chi connectivity index (χ2n) is 11.9. The Balaban J connectivity index is 1.42. The van der Waals surface area contributed by atoms with Gasteiger partial charge in [-0.25, -0.2) is 19.2 Å². The number of carboxylic acids is 2. The van der Waals surface area contributed by atoms with Crippen LogP contribution in [0.4, 0.5) is 0 Å². The lowest BCUT2D eigenvalue weighted by molar-refractivity contribution is -0.186. The molecule has 15 nitrogen and oxygen atoms in total. The van der Waals surface area contributed by atoms with Crippen LogP contribution in [-0.4, -0.2) is 98.6 Å². The second kappa shape index (κ2) is 11.6. The molecule has 244 valence electrons. The number of carbonyl (C=O) groups excluding carboxylic acids is 3. The van der Waals surface area contributed by atoms with Gasteiger partial charge in [0.1, 0.15) is 5.76 Å². The van der Waals surface area contributed by atoms with Gasteiger partial charge in [0.25, 0.3) is 0 Å². The largest absolute Gasteiger partial charge is 0.493 e. The number of carboxylic acid groups (broad SMARTS) is 2. The van der Waals surface area contributed by atoms with Crippen molar-refractivity contribution in [1.82, 2.24) is 0 Å². The lowest BCUT2D eigenvalue weighted by atomic mass is 9.45. The van der Waals surface area contributed by atoms with Crippen molar-refractivity contribution in [2.24, 2.45) is 11.8 Å². The Labute approximate surface area is 256 Å². The molecule has 0 radical (unpaired) electrons. The minimum absolute atomic E-state index is 0.0303. The van der Waals surface area contributed by atoms with Crippen molar-refractivity contribution in [1.29, 1.82) is 0 Å². The number of aliphatic hydroxyl groups is 3. The van der Waals surface area contributed by atoms with E-state index in [0.29, 0.717) is 24.3 Å². The van der Waals surface area contributed by atoms with Gasteiger partial charge in [-0.05, 0) is 62.1 Å². The average Bonchev–Trinajstić information content (AvgIpc) is 3.35. The monoisotopic (exact) mass is 634 g/mol. The third-order valence-electron chi connectivity index (χ3n) is 9.48. The minimum Gasteiger partial charge on any atom is -0.493 e. The number of rotatable bonds is 11. The maximum atomic E-state index is 13.3. The van der Waals surface area contributed by atoms with Crippen LogP contribution in [-0.2, 0) is 50.0 Å². The van der Waals surface area contributed by atoms with Gasteiger partial charge in [0.05, 0.1) is 24.5 Å². The Morgan fingerprint density at radius 2 is 1.76 bits per heavy atom. The summed E-state index contributed by atoms with van der Waals surface area (Å²) >= 11 is 0. The first-order chi connectivity index (χ1) is 21.2. The molecule has 1 fully saturated rings. The van der Waals surface area contributed by atoms with Crippen LogP contribution in [0.3, 0.4) is 0 Å². The van der Waals surface area contributed by atoms with Gasteiger partial charge in [0, 0.05) is 5.56 Å². The number of aliphatic carboxylic acids is 2. The van der Waals surface area contributed by atoms with Gasteiger partial charge >= 0.3 is 29.8 Å². The average molecular weight is 635 g/mol. The molecule has 5 rings (SSSR count). The van der Waals surface area contributed by atoms with Crippen LogP contribution in [0.2, 0.25) is 0 Å². The molecule has 1 aliphatic heterocycles. The van der Waals surface area contributed by atoms with Crippen molar-refractivity contribution >= 4 is 29.8 Å². The molecule has 45 heavy (non-hydrogen) atoms. The standard InChI is InChI=1S/C30H34O15/c1-12-6-8-29-20-14-4-5-16(41-3)23(20)45-24(29)17(7-9-30(29,40)15(12)10-14)43-19(31)11-18(27(38)42-13(2)25(34)35)44-28(39)22(33)21(32)26(36)37/h4-5,7,12-13,15,18,21-22,24,32-33,40H,6,8-11H2,1-3H3,(H,34,35)(H,36,37)/t12?,13-,15-,18-,21+,22+,24-,29-,30+/m0/s1. The van der Waals surface area contributed by atoms with Gasteiger partial charge in [-0.2, -0.15) is 0 Å². The molecule has 15 heteroatoms. The molecular weight excluding hydrogens is 600 g/mol. The van der Waals surface area contributed by atoms with Crippen LogP contribution < -0.4 is 9.47 Å². The Morgan fingerprint density at radius 1 is 1.04 bits per heavy atom. The van der Waals surface area contributed by atoms with Gasteiger partial charge in [0.15, 0.2) is 35.9 Å². The van der Waals surface area contributed by atoms with Crippen LogP contribution in [0, 0.1) is 11.8 Å². The van der Waals surface area contributed by atoms with E-state index in [9.17, 15) is 39.3 Å². The summed E-state index contributed by atoms with van der Waals surface area (Å²) in [6.07, 6.45) is -7.65. The fraction of sp³-hybridized carbons (Fsp3) is 0.567. The van der Waals surface area contributed by atoms with E-state index in [0.717, 1.165) is 24.5 Å². The number of aliphatic hydroxyl groups excluding tert-OH is 2. The number of hydrogen-bond acceptors (Lipinski definition) is 13. The van der Waals surface area contributed by atoms with Crippen molar-refractivity contribution in [2.45, 2.75) is 87.5 Å². The topological polar surface area (TPSA) is 233 Å². The molecule has 2 bridgehead atoms. The van der Waals surface area contributed by atoms with E-state index >= 15 is 0 Å². The SMILES string of the molecule is COc1ccc2c3c1O[C@H]1C(OC(=O)C[C@H](OC(=O)[C@H](O)[C@@H](O)C(=O)O)C(=O)O[C@@H](C)C(=O)O)=CC[C@@]4(O)[C@@H](C2)C(C)CC[C@]314. The van der Waals surface area contributed by atoms with Gasteiger partial charge in [-0.1, -0.05) is 13.0 Å². The summed E-state index contributed by atoms with van der Waals surface area (Å²) in [6, 6.07) is 3.72. The van der Waals surface area contributed by atoms with Crippen molar-refractivity contribution in [3.05, 3.63) is 35.1 Å². The molecule has 5 N–H and O–H groups in total. The summed E-state index contributed by atoms with van der Waals surface area (Å²) in [6.45, 7) is 3.08. The third-order valence-corrected chi connectivity index (χ3v) is 9.48. The first-order valence-electron chi connectivity index (χ1n) is 14.4. The Morgan fingerprint density at radius 3 is 2.40 bits per heavy atom. The van der Waals surface area contributed by atoms with Crippen molar-refractivity contribution in [3.63, 3.8) is 0 Å². The summed E-state index contributed by atoms with van der Waals surface area (Å²) in [5.74, 6) is -7.00. The molecule has 9 atom stereocenters. The molecular formula is C30H34O15. The van der Waals surface area contributed by atoms with E-state index in [-0.39, 0.29) is 24.0 Å². The molecule has 0 amide bonds. The van der Waals surface area contributed by atoms with Gasteiger partial charge in [0.2, 0.25) is 6.10 Å². The van der Waals surface area contributed by atoms with E-state index in [1.807, 2.05) is 6.07 Å². The van der Waals surface area contributed by atoms with Crippen molar-refractivity contribution < 1.29 is 73.2 Å². The maximum Gasteiger partial charge on any atom is 0.348 e. The summed E-state index contributed by atoms with van der Waals surface area (Å²) in [4.78, 5) is 60.5. The Hall–Kier alpha value is -4.21. The molecule has 4 aliphatic rings. The van der Waals surface area contributed by atoms with Crippen LogP contribution in [0.1, 0.15) is 50.7 Å². The van der Waals surface area contributed by atoms with Gasteiger partial charge in [-0.3, -0.25) is 4.79 Å². The van der Waals surface area contributed by atoms with Crippen LogP contribution in [0.5, 0.6) is 11.5 Å². The highest BCUT2D eigenvalue weighted by Gasteiger charge is 2.72. The second-order valence-corrected chi connectivity index (χ2v) is 11.9. The molecule has 1 saturated carbocycles. The zero-order chi connectivity index (χ0) is 33.0.